The van der Waals surface area contributed by atoms with E-state index in [1.165, 1.54) is 12.0 Å². The van der Waals surface area contributed by atoms with Crippen molar-refractivity contribution in [3.63, 3.8) is 0 Å². The highest BCUT2D eigenvalue weighted by molar-refractivity contribution is 5.86. The van der Waals surface area contributed by atoms with Gasteiger partial charge in [0, 0.05) is 6.04 Å². The van der Waals surface area contributed by atoms with Gasteiger partial charge in [0.2, 0.25) is 5.91 Å². The molecule has 0 spiro atoms. The van der Waals surface area contributed by atoms with Crippen LogP contribution < -0.4 is 15.8 Å². The molecule has 1 aromatic rings. The summed E-state index contributed by atoms with van der Waals surface area (Å²) in [6, 6.07) is 8.34. The number of hydrogen-bond donors (Lipinski definition) is 2. The van der Waals surface area contributed by atoms with Crippen molar-refractivity contribution in [2.24, 2.45) is 5.73 Å². The van der Waals surface area contributed by atoms with Crippen LogP contribution in [0.3, 0.4) is 0 Å². The fourth-order valence-electron chi connectivity index (χ4n) is 3.24. The first-order valence-electron chi connectivity index (χ1n) is 9.24. The number of aryl methyl sites for hydroxylation is 1. The predicted molar refractivity (Wildman–Crippen MR) is 98.1 cm³/mol. The monoisotopic (exact) mass is 332 g/mol. The van der Waals surface area contributed by atoms with E-state index in [0.717, 1.165) is 44.3 Å². The Morgan fingerprint density at radius 3 is 2.38 bits per heavy atom. The van der Waals surface area contributed by atoms with E-state index < -0.39 is 5.54 Å². The van der Waals surface area contributed by atoms with Gasteiger partial charge < -0.3 is 15.8 Å². The Bertz CT molecular complexity index is 519. The Morgan fingerprint density at radius 2 is 1.79 bits per heavy atom. The molecule has 1 aliphatic rings. The van der Waals surface area contributed by atoms with Crippen molar-refractivity contribution in [2.45, 2.75) is 83.4 Å². The molecule has 1 unspecified atom stereocenters. The molecule has 0 bridgehead atoms. The molecule has 1 fully saturated rings. The van der Waals surface area contributed by atoms with Gasteiger partial charge in [0.25, 0.3) is 0 Å². The fourth-order valence-corrected chi connectivity index (χ4v) is 3.24. The van der Waals surface area contributed by atoms with E-state index in [9.17, 15) is 4.79 Å². The summed E-state index contributed by atoms with van der Waals surface area (Å²) < 4.78 is 5.65. The van der Waals surface area contributed by atoms with E-state index in [0.29, 0.717) is 0 Å². The van der Waals surface area contributed by atoms with Crippen molar-refractivity contribution in [1.29, 1.82) is 0 Å². The largest absolute Gasteiger partial charge is 0.491 e. The van der Waals surface area contributed by atoms with E-state index in [2.05, 4.69) is 24.4 Å². The minimum absolute atomic E-state index is 0.0235. The number of ether oxygens (including phenoxy) is 1. The van der Waals surface area contributed by atoms with Crippen molar-refractivity contribution in [1.82, 2.24) is 5.32 Å². The number of amides is 1. The topological polar surface area (TPSA) is 64.3 Å². The van der Waals surface area contributed by atoms with Crippen LogP contribution in [0, 0.1) is 0 Å². The Morgan fingerprint density at radius 1 is 1.17 bits per heavy atom. The predicted octanol–water partition coefficient (Wildman–Crippen LogP) is 3.57. The molecular formula is C20H32N2O2. The maximum Gasteiger partial charge on any atom is 0.240 e. The van der Waals surface area contributed by atoms with Gasteiger partial charge in [-0.25, -0.2) is 0 Å². The van der Waals surface area contributed by atoms with E-state index in [4.69, 9.17) is 10.5 Å². The molecule has 1 aromatic carbocycles. The number of rotatable bonds is 7. The van der Waals surface area contributed by atoms with Crippen LogP contribution in [-0.2, 0) is 11.2 Å². The lowest BCUT2D eigenvalue weighted by molar-refractivity contribution is -0.128. The van der Waals surface area contributed by atoms with Crippen molar-refractivity contribution >= 4 is 5.91 Å². The average Bonchev–Trinajstić information content (AvgIpc) is 2.54. The van der Waals surface area contributed by atoms with Crippen LogP contribution in [0.25, 0.3) is 0 Å². The fraction of sp³-hybridized carbons (Fsp3) is 0.650. The second-order valence-corrected chi connectivity index (χ2v) is 7.44. The maximum absolute atomic E-state index is 12.4. The second kappa shape index (κ2) is 8.52. The molecular weight excluding hydrogens is 300 g/mol. The molecule has 24 heavy (non-hydrogen) atoms. The number of benzene rings is 1. The Kier molecular flexibility index (Phi) is 6.67. The highest BCUT2D eigenvalue weighted by atomic mass is 16.5. The van der Waals surface area contributed by atoms with Gasteiger partial charge in [-0.2, -0.15) is 0 Å². The summed E-state index contributed by atoms with van der Waals surface area (Å²) in [6.45, 7) is 6.10. The summed E-state index contributed by atoms with van der Waals surface area (Å²) in [5.74, 6) is 0.924. The highest BCUT2D eigenvalue weighted by Gasteiger charge is 2.35. The lowest BCUT2D eigenvalue weighted by Gasteiger charge is -2.33. The molecule has 0 radical (unpaired) electrons. The van der Waals surface area contributed by atoms with Gasteiger partial charge in [-0.05, 0) is 64.2 Å². The molecule has 0 heterocycles. The zero-order chi connectivity index (χ0) is 17.6. The van der Waals surface area contributed by atoms with Crippen LogP contribution in [0.5, 0.6) is 5.75 Å². The van der Waals surface area contributed by atoms with Gasteiger partial charge in [-0.1, -0.05) is 31.4 Å². The SMILES string of the molecule is CC(CCc1ccc(OC(C)C)cc1)NC(=O)C1(N)CCCCC1. The molecule has 2 rings (SSSR count). The third kappa shape index (κ3) is 5.52. The number of hydrogen-bond acceptors (Lipinski definition) is 3. The summed E-state index contributed by atoms with van der Waals surface area (Å²) in [6.07, 6.45) is 6.96. The summed E-state index contributed by atoms with van der Waals surface area (Å²) in [4.78, 5) is 12.4. The molecule has 0 aromatic heterocycles. The van der Waals surface area contributed by atoms with Crippen molar-refractivity contribution < 1.29 is 9.53 Å². The third-order valence-corrected chi connectivity index (χ3v) is 4.74. The van der Waals surface area contributed by atoms with Gasteiger partial charge >= 0.3 is 0 Å². The zero-order valence-corrected chi connectivity index (χ0v) is 15.3. The van der Waals surface area contributed by atoms with Gasteiger partial charge in [0.15, 0.2) is 0 Å². The van der Waals surface area contributed by atoms with Crippen molar-refractivity contribution in [2.75, 3.05) is 0 Å². The van der Waals surface area contributed by atoms with Gasteiger partial charge in [0.1, 0.15) is 5.75 Å². The molecule has 4 nitrogen and oxygen atoms in total. The molecule has 1 saturated carbocycles. The standard InChI is InChI=1S/C20H32N2O2/c1-15(2)24-18-11-9-17(10-12-18)8-7-16(3)22-19(23)20(21)13-5-4-6-14-20/h9-12,15-16H,4-8,13-14,21H2,1-3H3,(H,22,23). The van der Waals surface area contributed by atoms with Crippen LogP contribution in [0.4, 0.5) is 0 Å². The summed E-state index contributed by atoms with van der Waals surface area (Å²) >= 11 is 0. The first kappa shape index (κ1) is 18.8. The smallest absolute Gasteiger partial charge is 0.240 e. The molecule has 1 aliphatic carbocycles. The first-order valence-corrected chi connectivity index (χ1v) is 9.24. The maximum atomic E-state index is 12.4. The normalized spacial score (nSPS) is 18.2. The van der Waals surface area contributed by atoms with E-state index in [1.54, 1.807) is 0 Å². The van der Waals surface area contributed by atoms with Crippen molar-refractivity contribution in [3.05, 3.63) is 29.8 Å². The van der Waals surface area contributed by atoms with Crippen LogP contribution in [0.15, 0.2) is 24.3 Å². The van der Waals surface area contributed by atoms with Gasteiger partial charge in [0.05, 0.1) is 11.6 Å². The minimum atomic E-state index is -0.650. The lowest BCUT2D eigenvalue weighted by atomic mass is 9.81. The van der Waals surface area contributed by atoms with Gasteiger partial charge in [-0.15, -0.1) is 0 Å². The second-order valence-electron chi connectivity index (χ2n) is 7.44. The van der Waals surface area contributed by atoms with Crippen LogP contribution in [0.1, 0.15) is 64.9 Å². The van der Waals surface area contributed by atoms with Crippen LogP contribution in [-0.4, -0.2) is 23.6 Å². The average molecular weight is 332 g/mol. The Hall–Kier alpha value is -1.55. The molecule has 0 saturated heterocycles. The van der Waals surface area contributed by atoms with Crippen molar-refractivity contribution in [3.8, 4) is 5.75 Å². The number of nitrogens with one attached hydrogen (secondary N) is 1. The molecule has 1 amide bonds. The van der Waals surface area contributed by atoms with Crippen LogP contribution in [0.2, 0.25) is 0 Å². The molecule has 3 N–H and O–H groups in total. The van der Waals surface area contributed by atoms with E-state index >= 15 is 0 Å². The molecule has 0 aliphatic heterocycles. The Balaban J connectivity index is 1.78. The first-order chi connectivity index (χ1) is 11.4. The molecule has 134 valence electrons. The Labute approximate surface area is 146 Å². The van der Waals surface area contributed by atoms with E-state index in [-0.39, 0.29) is 18.1 Å². The van der Waals surface area contributed by atoms with Crippen LogP contribution >= 0.6 is 0 Å². The quantitative estimate of drug-likeness (QED) is 0.802. The molecule has 4 heteroatoms. The highest BCUT2D eigenvalue weighted by Crippen LogP contribution is 2.26. The summed E-state index contributed by atoms with van der Waals surface area (Å²) in [7, 11) is 0. The molecule has 1 atom stereocenters. The minimum Gasteiger partial charge on any atom is -0.491 e. The summed E-state index contributed by atoms with van der Waals surface area (Å²) in [5.41, 5.74) is 6.89. The lowest BCUT2D eigenvalue weighted by Crippen LogP contribution is -2.56. The number of carbonyl (C=O) groups excluding carboxylic acids is 1. The number of carbonyl (C=O) groups is 1. The number of nitrogens with two attached hydrogens (primary N) is 1. The third-order valence-electron chi connectivity index (χ3n) is 4.74. The zero-order valence-electron chi connectivity index (χ0n) is 15.3. The summed E-state index contributed by atoms with van der Waals surface area (Å²) in [5, 5.41) is 3.11. The van der Waals surface area contributed by atoms with E-state index in [1.807, 2.05) is 26.0 Å². The van der Waals surface area contributed by atoms with Gasteiger partial charge in [-0.3, -0.25) is 4.79 Å².